The lowest BCUT2D eigenvalue weighted by atomic mass is 9.95. The van der Waals surface area contributed by atoms with Crippen molar-refractivity contribution in [1.82, 2.24) is 0 Å². The van der Waals surface area contributed by atoms with Gasteiger partial charge in [-0.15, -0.1) is 0 Å². The highest BCUT2D eigenvalue weighted by Crippen LogP contribution is 2.25. The van der Waals surface area contributed by atoms with Crippen molar-refractivity contribution in [3.05, 3.63) is 28.5 Å². The number of anilines is 1. The average molecular weight is 318 g/mol. The molecule has 0 aliphatic rings. The highest BCUT2D eigenvalue weighted by atomic mass is 79.9. The molecule has 0 aliphatic heterocycles. The summed E-state index contributed by atoms with van der Waals surface area (Å²) in [4.78, 5) is 12.8. The van der Waals surface area contributed by atoms with Crippen LogP contribution in [0.2, 0.25) is 0 Å². The van der Waals surface area contributed by atoms with Gasteiger partial charge >= 0.3 is 5.97 Å². The number of nitrogens with zero attached hydrogens (tertiary/aromatic N) is 1. The van der Waals surface area contributed by atoms with E-state index in [-0.39, 0.29) is 18.3 Å². The summed E-state index contributed by atoms with van der Waals surface area (Å²) in [6.07, 6.45) is 0. The maximum Gasteiger partial charge on any atom is 0.308 e. The van der Waals surface area contributed by atoms with E-state index in [0.717, 1.165) is 4.47 Å². The molecule has 18 heavy (non-hydrogen) atoms. The largest absolute Gasteiger partial charge is 0.481 e. The Bertz CT molecular complexity index is 437. The molecule has 100 valence electrons. The van der Waals surface area contributed by atoms with Crippen LogP contribution in [0.1, 0.15) is 13.8 Å². The van der Waals surface area contributed by atoms with Gasteiger partial charge in [-0.1, -0.05) is 29.8 Å². The number of carboxylic acids is 1. The number of hydrogen-bond donors (Lipinski definition) is 1. The van der Waals surface area contributed by atoms with E-state index >= 15 is 0 Å². The SMILES string of the molecule is CC(C)C(CN(C)c1cc(Br)ccc1F)C(=O)O. The zero-order valence-electron chi connectivity index (χ0n) is 10.7. The minimum Gasteiger partial charge on any atom is -0.481 e. The van der Waals surface area contributed by atoms with Gasteiger partial charge in [-0.25, -0.2) is 4.39 Å². The molecule has 0 heterocycles. The minimum absolute atomic E-state index is 0.000152. The van der Waals surface area contributed by atoms with Crippen LogP contribution in [0.3, 0.4) is 0 Å². The molecule has 1 aromatic carbocycles. The molecule has 0 bridgehead atoms. The van der Waals surface area contributed by atoms with Crippen LogP contribution in [0.15, 0.2) is 22.7 Å². The summed E-state index contributed by atoms with van der Waals surface area (Å²) in [5, 5.41) is 9.13. The number of rotatable bonds is 5. The Morgan fingerprint density at radius 1 is 1.50 bits per heavy atom. The molecule has 1 N–H and O–H groups in total. The van der Waals surface area contributed by atoms with Crippen LogP contribution in [-0.2, 0) is 4.79 Å². The van der Waals surface area contributed by atoms with Crippen LogP contribution in [0.25, 0.3) is 0 Å². The maximum atomic E-state index is 13.7. The second-order valence-electron chi connectivity index (χ2n) is 4.67. The van der Waals surface area contributed by atoms with E-state index in [1.807, 2.05) is 13.8 Å². The van der Waals surface area contributed by atoms with Crippen LogP contribution in [0.4, 0.5) is 10.1 Å². The van der Waals surface area contributed by atoms with Crippen molar-refractivity contribution < 1.29 is 14.3 Å². The lowest BCUT2D eigenvalue weighted by Crippen LogP contribution is -2.33. The lowest BCUT2D eigenvalue weighted by molar-refractivity contribution is -0.142. The highest BCUT2D eigenvalue weighted by Gasteiger charge is 2.24. The van der Waals surface area contributed by atoms with Crippen molar-refractivity contribution in [2.45, 2.75) is 13.8 Å². The highest BCUT2D eigenvalue weighted by molar-refractivity contribution is 9.10. The summed E-state index contributed by atoms with van der Waals surface area (Å²) in [6, 6.07) is 4.62. The Balaban J connectivity index is 2.90. The van der Waals surface area contributed by atoms with Crippen LogP contribution < -0.4 is 4.90 Å². The summed E-state index contributed by atoms with van der Waals surface area (Å²) in [5.74, 6) is -1.73. The number of aliphatic carboxylic acids is 1. The van der Waals surface area contributed by atoms with Crippen molar-refractivity contribution in [2.75, 3.05) is 18.5 Å². The average Bonchev–Trinajstić information content (AvgIpc) is 2.28. The molecule has 1 unspecified atom stereocenters. The molecule has 1 atom stereocenters. The lowest BCUT2D eigenvalue weighted by Gasteiger charge is -2.26. The summed E-state index contributed by atoms with van der Waals surface area (Å²) in [6.45, 7) is 3.98. The van der Waals surface area contributed by atoms with Gasteiger partial charge in [-0.3, -0.25) is 4.79 Å². The first kappa shape index (κ1) is 15.0. The normalized spacial score (nSPS) is 12.6. The fourth-order valence-electron chi connectivity index (χ4n) is 1.75. The number of hydrogen-bond acceptors (Lipinski definition) is 2. The van der Waals surface area contributed by atoms with Crippen molar-refractivity contribution in [3.8, 4) is 0 Å². The molecule has 1 rings (SSSR count). The maximum absolute atomic E-state index is 13.7. The van der Waals surface area contributed by atoms with E-state index < -0.39 is 11.9 Å². The van der Waals surface area contributed by atoms with E-state index in [9.17, 15) is 9.18 Å². The molecule has 0 saturated carbocycles. The smallest absolute Gasteiger partial charge is 0.308 e. The van der Waals surface area contributed by atoms with E-state index in [0.29, 0.717) is 5.69 Å². The Kier molecular flexibility index (Phi) is 5.14. The molecule has 5 heteroatoms. The summed E-state index contributed by atoms with van der Waals surface area (Å²) in [5.41, 5.74) is 0.399. The number of carbonyl (C=O) groups is 1. The molecule has 0 fully saturated rings. The Morgan fingerprint density at radius 3 is 2.61 bits per heavy atom. The fourth-order valence-corrected chi connectivity index (χ4v) is 2.09. The van der Waals surface area contributed by atoms with Crippen LogP contribution in [-0.4, -0.2) is 24.7 Å². The van der Waals surface area contributed by atoms with Gasteiger partial charge in [0.05, 0.1) is 11.6 Å². The van der Waals surface area contributed by atoms with Crippen molar-refractivity contribution in [1.29, 1.82) is 0 Å². The van der Waals surface area contributed by atoms with Crippen LogP contribution >= 0.6 is 15.9 Å². The van der Waals surface area contributed by atoms with Crippen molar-refractivity contribution >= 4 is 27.6 Å². The topological polar surface area (TPSA) is 40.5 Å². The van der Waals surface area contributed by atoms with Crippen molar-refractivity contribution in [2.24, 2.45) is 11.8 Å². The molecule has 0 amide bonds. The molecule has 3 nitrogen and oxygen atoms in total. The van der Waals surface area contributed by atoms with Gasteiger partial charge in [0.25, 0.3) is 0 Å². The molecule has 0 saturated heterocycles. The Labute approximate surface area is 115 Å². The Morgan fingerprint density at radius 2 is 2.11 bits per heavy atom. The van der Waals surface area contributed by atoms with E-state index in [4.69, 9.17) is 5.11 Å². The number of benzene rings is 1. The number of halogens is 2. The molecular weight excluding hydrogens is 301 g/mol. The number of carboxylic acid groups (broad SMARTS) is 1. The summed E-state index contributed by atoms with van der Waals surface area (Å²) >= 11 is 3.28. The van der Waals surface area contributed by atoms with E-state index in [1.165, 1.54) is 6.07 Å². The van der Waals surface area contributed by atoms with E-state index in [2.05, 4.69) is 15.9 Å². The molecule has 1 aromatic rings. The molecule has 0 aliphatic carbocycles. The van der Waals surface area contributed by atoms with Gasteiger partial charge in [0.1, 0.15) is 5.82 Å². The van der Waals surface area contributed by atoms with Crippen LogP contribution in [0, 0.1) is 17.7 Å². The van der Waals surface area contributed by atoms with E-state index in [1.54, 1.807) is 24.1 Å². The monoisotopic (exact) mass is 317 g/mol. The quantitative estimate of drug-likeness (QED) is 0.905. The zero-order valence-corrected chi connectivity index (χ0v) is 12.2. The first-order chi connectivity index (χ1) is 8.32. The predicted octanol–water partition coefficient (Wildman–Crippen LogP) is 3.38. The third-order valence-electron chi connectivity index (χ3n) is 2.91. The van der Waals surface area contributed by atoms with Gasteiger partial charge < -0.3 is 10.0 Å². The van der Waals surface area contributed by atoms with Crippen LogP contribution in [0.5, 0.6) is 0 Å². The molecule has 0 radical (unpaired) electrons. The van der Waals surface area contributed by atoms with Gasteiger partial charge in [0, 0.05) is 18.1 Å². The fraction of sp³-hybridized carbons (Fsp3) is 0.462. The standard InChI is InChI=1S/C13H17BrFNO2/c1-8(2)10(13(17)18)7-16(3)12-6-9(14)4-5-11(12)15/h4-6,8,10H,7H2,1-3H3,(H,17,18). The molecule has 0 spiro atoms. The summed E-state index contributed by atoms with van der Waals surface area (Å²) in [7, 11) is 1.70. The van der Waals surface area contributed by atoms with Gasteiger partial charge in [0.15, 0.2) is 0 Å². The third-order valence-corrected chi connectivity index (χ3v) is 3.41. The van der Waals surface area contributed by atoms with Gasteiger partial charge in [-0.2, -0.15) is 0 Å². The second-order valence-corrected chi connectivity index (χ2v) is 5.58. The second kappa shape index (κ2) is 6.18. The van der Waals surface area contributed by atoms with Crippen molar-refractivity contribution in [3.63, 3.8) is 0 Å². The van der Waals surface area contributed by atoms with Gasteiger partial charge in [0.2, 0.25) is 0 Å². The zero-order chi connectivity index (χ0) is 13.9. The van der Waals surface area contributed by atoms with Gasteiger partial charge in [-0.05, 0) is 24.1 Å². The first-order valence-electron chi connectivity index (χ1n) is 5.72. The molecule has 0 aromatic heterocycles. The first-order valence-corrected chi connectivity index (χ1v) is 6.51. The predicted molar refractivity (Wildman–Crippen MR) is 73.3 cm³/mol. The summed E-state index contributed by atoms with van der Waals surface area (Å²) < 4.78 is 14.4. The minimum atomic E-state index is -0.854. The third kappa shape index (κ3) is 3.70. The molecular formula is C13H17BrFNO2. The Hall–Kier alpha value is -1.10.